The Hall–Kier alpha value is -0.520. The van der Waals surface area contributed by atoms with Gasteiger partial charge in [-0.3, -0.25) is 0 Å². The third-order valence-electron chi connectivity index (χ3n) is 1.91. The summed E-state index contributed by atoms with van der Waals surface area (Å²) in [6.45, 7) is 4.56. The smallest absolute Gasteiger partial charge is 0.00472 e. The number of rotatable bonds is 3. The normalized spacial score (nSPS) is 17.5. The fraction of sp³-hybridized carbons (Fsp3) is 0.600. The van der Waals surface area contributed by atoms with E-state index in [-0.39, 0.29) is 0 Å². The first-order valence-corrected chi connectivity index (χ1v) is 4.14. The van der Waals surface area contributed by atoms with Crippen molar-refractivity contribution in [1.82, 2.24) is 0 Å². The molecule has 0 spiro atoms. The van der Waals surface area contributed by atoms with Gasteiger partial charge in [-0.2, -0.15) is 0 Å². The summed E-state index contributed by atoms with van der Waals surface area (Å²) in [6, 6.07) is 0. The summed E-state index contributed by atoms with van der Waals surface area (Å²) in [5, 5.41) is 0. The van der Waals surface area contributed by atoms with Gasteiger partial charge in [0.1, 0.15) is 0 Å². The Morgan fingerprint density at radius 3 is 2.30 bits per heavy atom. The van der Waals surface area contributed by atoms with E-state index in [1.807, 2.05) is 0 Å². The van der Waals surface area contributed by atoms with Crippen LogP contribution in [0.25, 0.3) is 0 Å². The van der Waals surface area contributed by atoms with Gasteiger partial charge in [-0.05, 0) is 18.3 Å². The average Bonchev–Trinajstić information content (AvgIpc) is 2.34. The van der Waals surface area contributed by atoms with Crippen molar-refractivity contribution in [1.29, 1.82) is 0 Å². The fourth-order valence-electron chi connectivity index (χ4n) is 1.20. The van der Waals surface area contributed by atoms with Crippen LogP contribution in [-0.4, -0.2) is 0 Å². The maximum absolute atomic E-state index is 2.28. The van der Waals surface area contributed by atoms with E-state index in [2.05, 4.69) is 38.2 Å². The van der Waals surface area contributed by atoms with Gasteiger partial charge in [-0.15, -0.1) is 0 Å². The van der Waals surface area contributed by atoms with Crippen molar-refractivity contribution in [3.8, 4) is 0 Å². The molecule has 0 saturated heterocycles. The number of hydrogen-bond donors (Lipinski definition) is 0. The van der Waals surface area contributed by atoms with Crippen LogP contribution in [0.1, 0.15) is 26.7 Å². The lowest BCUT2D eigenvalue weighted by Crippen LogP contribution is -1.93. The van der Waals surface area contributed by atoms with Crippen molar-refractivity contribution >= 4 is 0 Å². The van der Waals surface area contributed by atoms with E-state index in [4.69, 9.17) is 0 Å². The summed E-state index contributed by atoms with van der Waals surface area (Å²) in [5.41, 5.74) is 0. The van der Waals surface area contributed by atoms with E-state index in [1.54, 1.807) is 0 Å². The van der Waals surface area contributed by atoms with E-state index < -0.39 is 0 Å². The minimum atomic E-state index is 0.738. The number of allylic oxidation sites excluding steroid dienone is 4. The molecule has 0 amide bonds. The van der Waals surface area contributed by atoms with Crippen LogP contribution in [-0.2, 0) is 0 Å². The largest absolute Gasteiger partial charge is 0.0776 e. The molecule has 1 rings (SSSR count). The summed E-state index contributed by atoms with van der Waals surface area (Å²) in [6.07, 6.45) is 11.5. The zero-order chi connectivity index (χ0) is 7.40. The molecule has 56 valence electrons. The quantitative estimate of drug-likeness (QED) is 0.559. The molecule has 0 aromatic rings. The summed E-state index contributed by atoms with van der Waals surface area (Å²) in [5.74, 6) is 1.59. The highest BCUT2D eigenvalue weighted by atomic mass is 14.1. The second kappa shape index (κ2) is 3.60. The zero-order valence-electron chi connectivity index (χ0n) is 6.88. The molecule has 0 aromatic heterocycles. The molecule has 0 heterocycles. The zero-order valence-corrected chi connectivity index (χ0v) is 6.88. The Morgan fingerprint density at radius 2 is 1.80 bits per heavy atom. The minimum Gasteiger partial charge on any atom is -0.0776 e. The summed E-state index contributed by atoms with van der Waals surface area (Å²) in [4.78, 5) is 0. The molecular weight excluding hydrogens is 120 g/mol. The predicted octanol–water partition coefficient (Wildman–Crippen LogP) is 3.16. The Balaban J connectivity index is 2.14. The summed E-state index contributed by atoms with van der Waals surface area (Å²) < 4.78 is 0. The van der Waals surface area contributed by atoms with Gasteiger partial charge in [0, 0.05) is 0 Å². The van der Waals surface area contributed by atoms with E-state index in [0.29, 0.717) is 0 Å². The highest BCUT2D eigenvalue weighted by Gasteiger charge is 2.03. The van der Waals surface area contributed by atoms with E-state index in [9.17, 15) is 0 Å². The second-order valence-electron chi connectivity index (χ2n) is 3.40. The summed E-state index contributed by atoms with van der Waals surface area (Å²) in [7, 11) is 0. The van der Waals surface area contributed by atoms with Gasteiger partial charge in [0.05, 0.1) is 0 Å². The first kappa shape index (κ1) is 7.59. The van der Waals surface area contributed by atoms with E-state index in [1.165, 1.54) is 12.8 Å². The molecule has 1 aliphatic rings. The van der Waals surface area contributed by atoms with Gasteiger partial charge < -0.3 is 0 Å². The average molecular weight is 136 g/mol. The lowest BCUT2D eigenvalue weighted by Gasteiger charge is -2.06. The van der Waals surface area contributed by atoms with Crippen LogP contribution in [0.2, 0.25) is 0 Å². The van der Waals surface area contributed by atoms with E-state index in [0.717, 1.165) is 11.8 Å². The Kier molecular flexibility index (Phi) is 2.73. The van der Waals surface area contributed by atoms with Crippen molar-refractivity contribution in [3.05, 3.63) is 24.3 Å². The predicted molar refractivity (Wildman–Crippen MR) is 45.8 cm³/mol. The van der Waals surface area contributed by atoms with Crippen LogP contribution in [0.5, 0.6) is 0 Å². The molecule has 1 aliphatic carbocycles. The monoisotopic (exact) mass is 136 g/mol. The van der Waals surface area contributed by atoms with Crippen LogP contribution >= 0.6 is 0 Å². The van der Waals surface area contributed by atoms with Gasteiger partial charge in [0.25, 0.3) is 0 Å². The molecule has 0 aromatic carbocycles. The van der Waals surface area contributed by atoms with Crippen molar-refractivity contribution in [2.45, 2.75) is 26.7 Å². The molecule has 0 radical (unpaired) electrons. The molecule has 0 fully saturated rings. The molecule has 0 N–H and O–H groups in total. The topological polar surface area (TPSA) is 0 Å². The first-order chi connectivity index (χ1) is 4.79. The van der Waals surface area contributed by atoms with Crippen molar-refractivity contribution in [2.24, 2.45) is 11.8 Å². The van der Waals surface area contributed by atoms with Gasteiger partial charge in [-0.25, -0.2) is 0 Å². The van der Waals surface area contributed by atoms with Crippen LogP contribution in [0.3, 0.4) is 0 Å². The Labute approximate surface area is 63.6 Å². The van der Waals surface area contributed by atoms with Gasteiger partial charge >= 0.3 is 0 Å². The van der Waals surface area contributed by atoms with Crippen molar-refractivity contribution < 1.29 is 0 Å². The van der Waals surface area contributed by atoms with E-state index >= 15 is 0 Å². The molecule has 0 saturated carbocycles. The highest BCUT2D eigenvalue weighted by molar-refractivity contribution is 5.17. The molecule has 0 bridgehead atoms. The third-order valence-corrected chi connectivity index (χ3v) is 1.91. The van der Waals surface area contributed by atoms with Gasteiger partial charge in [0.15, 0.2) is 0 Å². The first-order valence-electron chi connectivity index (χ1n) is 4.14. The molecule has 10 heavy (non-hydrogen) atoms. The maximum Gasteiger partial charge on any atom is -0.00472 e. The second-order valence-corrected chi connectivity index (χ2v) is 3.40. The Morgan fingerprint density at radius 1 is 1.20 bits per heavy atom. The van der Waals surface area contributed by atoms with Gasteiger partial charge in [-0.1, -0.05) is 44.6 Å². The molecule has 0 unspecified atom stereocenters. The van der Waals surface area contributed by atoms with Crippen LogP contribution < -0.4 is 0 Å². The van der Waals surface area contributed by atoms with Crippen LogP contribution in [0.4, 0.5) is 0 Å². The van der Waals surface area contributed by atoms with Crippen molar-refractivity contribution in [3.63, 3.8) is 0 Å². The molecule has 0 atom stereocenters. The lowest BCUT2D eigenvalue weighted by atomic mass is 9.99. The highest BCUT2D eigenvalue weighted by Crippen LogP contribution is 2.17. The standard InChI is InChI=1S/C10H16/c1-9(2)7-8-10-5-3-4-6-10/h3-6,9-10H,7-8H2,1-2H3. The fourth-order valence-corrected chi connectivity index (χ4v) is 1.20. The third kappa shape index (κ3) is 2.38. The van der Waals surface area contributed by atoms with Gasteiger partial charge in [0.2, 0.25) is 0 Å². The molecule has 0 nitrogen and oxygen atoms in total. The lowest BCUT2D eigenvalue weighted by molar-refractivity contribution is 0.525. The molecular formula is C10H16. The SMILES string of the molecule is CC(C)CCC1C=CC=C1. The molecule has 0 heteroatoms. The van der Waals surface area contributed by atoms with Crippen molar-refractivity contribution in [2.75, 3.05) is 0 Å². The number of hydrogen-bond acceptors (Lipinski definition) is 0. The van der Waals surface area contributed by atoms with Crippen LogP contribution in [0.15, 0.2) is 24.3 Å². The summed E-state index contributed by atoms with van der Waals surface area (Å²) >= 11 is 0. The maximum atomic E-state index is 2.28. The van der Waals surface area contributed by atoms with Crippen LogP contribution in [0, 0.1) is 11.8 Å². The minimum absolute atomic E-state index is 0.738. The molecule has 0 aliphatic heterocycles. The Bertz CT molecular complexity index is 128.